The standard InChI is InChI=1S/C17H15BrN2O4/c1-2-24-17(23)11-3-7-13(8-4-11)19-15(21)16(22)20-14-9-5-12(18)6-10-14/h3-10H,2H2,1H3,(H,19,21)(H,20,22). The molecule has 0 radical (unpaired) electrons. The first-order valence-corrected chi connectivity index (χ1v) is 7.94. The molecule has 2 rings (SSSR count). The van der Waals surface area contributed by atoms with Gasteiger partial charge in [0.15, 0.2) is 0 Å². The van der Waals surface area contributed by atoms with E-state index in [-0.39, 0.29) is 6.61 Å². The number of carbonyl (C=O) groups is 3. The van der Waals surface area contributed by atoms with Crippen LogP contribution in [-0.4, -0.2) is 24.4 Å². The van der Waals surface area contributed by atoms with Crippen LogP contribution in [0.5, 0.6) is 0 Å². The number of carbonyl (C=O) groups excluding carboxylic acids is 3. The Labute approximate surface area is 147 Å². The number of anilines is 2. The number of halogens is 1. The molecule has 0 saturated heterocycles. The second-order valence-electron chi connectivity index (χ2n) is 4.71. The molecular weight excluding hydrogens is 376 g/mol. The maximum absolute atomic E-state index is 11.9. The lowest BCUT2D eigenvalue weighted by molar-refractivity contribution is -0.132. The van der Waals surface area contributed by atoms with Crippen molar-refractivity contribution in [2.75, 3.05) is 17.2 Å². The number of esters is 1. The predicted molar refractivity (Wildman–Crippen MR) is 93.8 cm³/mol. The molecule has 2 aromatic rings. The first-order valence-electron chi connectivity index (χ1n) is 7.14. The zero-order valence-corrected chi connectivity index (χ0v) is 14.4. The van der Waals surface area contributed by atoms with Crippen LogP contribution in [0.2, 0.25) is 0 Å². The number of amides is 2. The molecule has 2 amide bonds. The fourth-order valence-corrected chi connectivity index (χ4v) is 2.08. The van der Waals surface area contributed by atoms with Gasteiger partial charge < -0.3 is 15.4 Å². The van der Waals surface area contributed by atoms with Gasteiger partial charge in [-0.25, -0.2) is 4.79 Å². The molecule has 2 N–H and O–H groups in total. The van der Waals surface area contributed by atoms with Gasteiger partial charge in [0, 0.05) is 15.8 Å². The molecule has 7 heteroatoms. The average Bonchev–Trinajstić information content (AvgIpc) is 2.57. The van der Waals surface area contributed by atoms with Crippen molar-refractivity contribution in [3.8, 4) is 0 Å². The minimum absolute atomic E-state index is 0.285. The summed E-state index contributed by atoms with van der Waals surface area (Å²) >= 11 is 3.29. The average molecular weight is 391 g/mol. The summed E-state index contributed by atoms with van der Waals surface area (Å²) < 4.78 is 5.74. The van der Waals surface area contributed by atoms with E-state index in [1.165, 1.54) is 24.3 Å². The van der Waals surface area contributed by atoms with Gasteiger partial charge in [0.25, 0.3) is 0 Å². The molecule has 0 bridgehead atoms. The molecule has 0 fully saturated rings. The number of nitrogens with one attached hydrogen (secondary N) is 2. The van der Waals surface area contributed by atoms with Crippen LogP contribution in [0.3, 0.4) is 0 Å². The van der Waals surface area contributed by atoms with Crippen molar-refractivity contribution < 1.29 is 19.1 Å². The third-order valence-corrected chi connectivity index (χ3v) is 3.49. The maximum atomic E-state index is 11.9. The lowest BCUT2D eigenvalue weighted by atomic mass is 10.2. The zero-order valence-electron chi connectivity index (χ0n) is 12.8. The highest BCUT2D eigenvalue weighted by molar-refractivity contribution is 9.10. The SMILES string of the molecule is CCOC(=O)c1ccc(NC(=O)C(=O)Nc2ccc(Br)cc2)cc1. The highest BCUT2D eigenvalue weighted by atomic mass is 79.9. The summed E-state index contributed by atoms with van der Waals surface area (Å²) in [7, 11) is 0. The predicted octanol–water partition coefficient (Wildman–Crippen LogP) is 3.20. The van der Waals surface area contributed by atoms with Crippen molar-refractivity contribution >= 4 is 45.1 Å². The highest BCUT2D eigenvalue weighted by Crippen LogP contribution is 2.14. The van der Waals surface area contributed by atoms with Gasteiger partial charge in [-0.15, -0.1) is 0 Å². The fourth-order valence-electron chi connectivity index (χ4n) is 1.81. The zero-order chi connectivity index (χ0) is 17.5. The molecule has 0 aliphatic rings. The van der Waals surface area contributed by atoms with E-state index in [9.17, 15) is 14.4 Å². The van der Waals surface area contributed by atoms with Crippen LogP contribution in [0, 0.1) is 0 Å². The Bertz CT molecular complexity index is 742. The molecule has 0 unspecified atom stereocenters. The number of ether oxygens (including phenoxy) is 1. The lowest BCUT2D eigenvalue weighted by Crippen LogP contribution is -2.29. The third kappa shape index (κ3) is 4.92. The minimum atomic E-state index is -0.804. The van der Waals surface area contributed by atoms with E-state index in [2.05, 4.69) is 26.6 Å². The molecule has 0 atom stereocenters. The molecule has 0 spiro atoms. The minimum Gasteiger partial charge on any atom is -0.462 e. The van der Waals surface area contributed by atoms with Crippen molar-refractivity contribution in [1.82, 2.24) is 0 Å². The van der Waals surface area contributed by atoms with Crippen LogP contribution in [0.15, 0.2) is 53.0 Å². The summed E-state index contributed by atoms with van der Waals surface area (Å²) in [5.41, 5.74) is 1.28. The molecule has 0 aromatic heterocycles. The Hall–Kier alpha value is -2.67. The van der Waals surface area contributed by atoms with E-state index in [0.29, 0.717) is 16.9 Å². The monoisotopic (exact) mass is 390 g/mol. The Morgan fingerprint density at radius 1 is 0.875 bits per heavy atom. The fraction of sp³-hybridized carbons (Fsp3) is 0.118. The van der Waals surface area contributed by atoms with Crippen LogP contribution >= 0.6 is 15.9 Å². The van der Waals surface area contributed by atoms with Crippen molar-refractivity contribution in [1.29, 1.82) is 0 Å². The summed E-state index contributed by atoms with van der Waals surface area (Å²) in [5, 5.41) is 4.95. The number of benzene rings is 2. The first kappa shape index (κ1) is 17.7. The van der Waals surface area contributed by atoms with Crippen LogP contribution < -0.4 is 10.6 Å². The molecule has 0 saturated carbocycles. The van der Waals surface area contributed by atoms with Gasteiger partial charge in [-0.1, -0.05) is 15.9 Å². The topological polar surface area (TPSA) is 84.5 Å². The Kier molecular flexibility index (Phi) is 6.08. The largest absolute Gasteiger partial charge is 0.462 e. The van der Waals surface area contributed by atoms with Crippen LogP contribution in [0.1, 0.15) is 17.3 Å². The van der Waals surface area contributed by atoms with E-state index < -0.39 is 17.8 Å². The van der Waals surface area contributed by atoms with E-state index >= 15 is 0 Å². The smallest absolute Gasteiger partial charge is 0.338 e. The molecule has 0 heterocycles. The van der Waals surface area contributed by atoms with Crippen molar-refractivity contribution in [3.63, 3.8) is 0 Å². The second kappa shape index (κ2) is 8.26. The molecule has 24 heavy (non-hydrogen) atoms. The van der Waals surface area contributed by atoms with Gasteiger partial charge in [-0.2, -0.15) is 0 Å². The summed E-state index contributed by atoms with van der Waals surface area (Å²) in [6.07, 6.45) is 0. The van der Waals surface area contributed by atoms with Gasteiger partial charge >= 0.3 is 17.8 Å². The Morgan fingerprint density at radius 3 is 1.79 bits per heavy atom. The molecule has 124 valence electrons. The van der Waals surface area contributed by atoms with Crippen molar-refractivity contribution in [2.24, 2.45) is 0 Å². The second-order valence-corrected chi connectivity index (χ2v) is 5.63. The van der Waals surface area contributed by atoms with Gasteiger partial charge in [0.2, 0.25) is 0 Å². The van der Waals surface area contributed by atoms with Gasteiger partial charge in [0.1, 0.15) is 0 Å². The van der Waals surface area contributed by atoms with Crippen LogP contribution in [0.25, 0.3) is 0 Å². The molecular formula is C17H15BrN2O4. The lowest BCUT2D eigenvalue weighted by Gasteiger charge is -2.07. The third-order valence-electron chi connectivity index (χ3n) is 2.96. The Morgan fingerprint density at radius 2 is 1.33 bits per heavy atom. The number of hydrogen-bond donors (Lipinski definition) is 2. The molecule has 6 nitrogen and oxygen atoms in total. The summed E-state index contributed by atoms with van der Waals surface area (Å²) in [6, 6.07) is 12.9. The van der Waals surface area contributed by atoms with Gasteiger partial charge in [-0.05, 0) is 55.5 Å². The van der Waals surface area contributed by atoms with E-state index in [0.717, 1.165) is 4.47 Å². The van der Waals surface area contributed by atoms with E-state index in [1.54, 1.807) is 31.2 Å². The molecule has 2 aromatic carbocycles. The number of rotatable bonds is 4. The molecule has 0 aliphatic heterocycles. The van der Waals surface area contributed by atoms with Gasteiger partial charge in [-0.3, -0.25) is 9.59 Å². The van der Waals surface area contributed by atoms with Crippen molar-refractivity contribution in [3.05, 3.63) is 58.6 Å². The summed E-state index contributed by atoms with van der Waals surface area (Å²) in [4.78, 5) is 35.3. The number of hydrogen-bond acceptors (Lipinski definition) is 4. The van der Waals surface area contributed by atoms with Crippen LogP contribution in [-0.2, 0) is 14.3 Å². The van der Waals surface area contributed by atoms with Crippen LogP contribution in [0.4, 0.5) is 11.4 Å². The van der Waals surface area contributed by atoms with Crippen molar-refractivity contribution in [2.45, 2.75) is 6.92 Å². The first-order chi connectivity index (χ1) is 11.5. The van der Waals surface area contributed by atoms with E-state index in [1.807, 2.05) is 0 Å². The molecule has 0 aliphatic carbocycles. The normalized spacial score (nSPS) is 9.92. The van der Waals surface area contributed by atoms with Gasteiger partial charge in [0.05, 0.1) is 12.2 Å². The quantitative estimate of drug-likeness (QED) is 0.619. The Balaban J connectivity index is 1.94. The summed E-state index contributed by atoms with van der Waals surface area (Å²) in [6.45, 7) is 2.00. The highest BCUT2D eigenvalue weighted by Gasteiger charge is 2.14. The summed E-state index contributed by atoms with van der Waals surface area (Å²) in [5.74, 6) is -2.03. The van der Waals surface area contributed by atoms with E-state index in [4.69, 9.17) is 4.74 Å². The maximum Gasteiger partial charge on any atom is 0.338 e.